The standard InChI is InChI=1S/C25H30F2N4O5.ClH/c1-12(28)21-20(23(33)30-17-8-15(9-17)22(32)29-16-5-6-16)31-24(36-21)14-4-7-18(35-25(26)27)19(10-14)34-11-13-2-3-13;/h4,7,10,12-13,15-17,25H,2-3,5-6,8-9,11,28H2,1H3,(H,29,32)(H,30,33);1H/t12-,15?,17?;/m0./s1. The summed E-state index contributed by atoms with van der Waals surface area (Å²) in [5.41, 5.74) is 6.53. The summed E-state index contributed by atoms with van der Waals surface area (Å²) in [4.78, 5) is 29.5. The van der Waals surface area contributed by atoms with Crippen molar-refractivity contribution in [2.45, 2.75) is 70.2 Å². The van der Waals surface area contributed by atoms with E-state index in [1.165, 1.54) is 18.2 Å². The van der Waals surface area contributed by atoms with Crippen molar-refractivity contribution in [3.8, 4) is 23.0 Å². The molecular formula is C25H31ClF2N4O5. The normalized spacial score (nSPS) is 21.4. The zero-order chi connectivity index (χ0) is 25.4. The lowest BCUT2D eigenvalue weighted by atomic mass is 9.79. The highest BCUT2D eigenvalue weighted by molar-refractivity contribution is 5.94. The zero-order valence-electron chi connectivity index (χ0n) is 20.4. The van der Waals surface area contributed by atoms with Crippen LogP contribution in [0, 0.1) is 11.8 Å². The van der Waals surface area contributed by atoms with Crippen LogP contribution in [0.5, 0.6) is 11.5 Å². The average Bonchev–Trinajstić information content (AvgIpc) is 3.73. The van der Waals surface area contributed by atoms with Crippen molar-refractivity contribution in [3.63, 3.8) is 0 Å². The van der Waals surface area contributed by atoms with Crippen LogP contribution in [-0.2, 0) is 4.79 Å². The molecule has 0 bridgehead atoms. The van der Waals surface area contributed by atoms with Crippen molar-refractivity contribution in [2.75, 3.05) is 6.61 Å². The fourth-order valence-corrected chi connectivity index (χ4v) is 4.12. The molecule has 1 aromatic heterocycles. The van der Waals surface area contributed by atoms with Crippen molar-refractivity contribution in [2.24, 2.45) is 17.6 Å². The van der Waals surface area contributed by atoms with Gasteiger partial charge in [-0.05, 0) is 69.6 Å². The van der Waals surface area contributed by atoms with Crippen LogP contribution < -0.4 is 25.8 Å². The van der Waals surface area contributed by atoms with Gasteiger partial charge >= 0.3 is 6.61 Å². The van der Waals surface area contributed by atoms with E-state index in [9.17, 15) is 18.4 Å². The Hall–Kier alpha value is -2.92. The number of carbonyl (C=O) groups is 2. The van der Waals surface area contributed by atoms with Crippen molar-refractivity contribution >= 4 is 24.2 Å². The number of nitrogens with zero attached hydrogens (tertiary/aromatic N) is 1. The maximum Gasteiger partial charge on any atom is 0.387 e. The molecule has 202 valence electrons. The van der Waals surface area contributed by atoms with Gasteiger partial charge in [-0.15, -0.1) is 12.4 Å². The highest BCUT2D eigenvalue weighted by Gasteiger charge is 2.38. The molecule has 3 saturated carbocycles. The first-order valence-electron chi connectivity index (χ1n) is 12.4. The van der Waals surface area contributed by atoms with E-state index >= 15 is 0 Å². The van der Waals surface area contributed by atoms with E-state index in [1.54, 1.807) is 6.92 Å². The topological polar surface area (TPSA) is 129 Å². The van der Waals surface area contributed by atoms with Gasteiger partial charge in [0.25, 0.3) is 5.91 Å². The van der Waals surface area contributed by atoms with Crippen molar-refractivity contribution in [1.29, 1.82) is 0 Å². The second kappa shape index (κ2) is 11.2. The van der Waals surface area contributed by atoms with Crippen LogP contribution in [-0.4, -0.2) is 42.1 Å². The van der Waals surface area contributed by atoms with E-state index in [1.807, 2.05) is 0 Å². The van der Waals surface area contributed by atoms with Crippen LogP contribution in [0.3, 0.4) is 0 Å². The van der Waals surface area contributed by atoms with Gasteiger partial charge in [0.15, 0.2) is 23.0 Å². The molecule has 37 heavy (non-hydrogen) atoms. The summed E-state index contributed by atoms with van der Waals surface area (Å²) in [6.07, 6.45) is 5.26. The van der Waals surface area contributed by atoms with E-state index in [2.05, 4.69) is 20.4 Å². The van der Waals surface area contributed by atoms with Crippen LogP contribution in [0.15, 0.2) is 22.6 Å². The summed E-state index contributed by atoms with van der Waals surface area (Å²) < 4.78 is 41.8. The predicted octanol–water partition coefficient (Wildman–Crippen LogP) is 3.96. The Labute approximate surface area is 219 Å². The molecule has 5 rings (SSSR count). The number of hydrogen-bond donors (Lipinski definition) is 3. The number of aromatic nitrogens is 1. The lowest BCUT2D eigenvalue weighted by Gasteiger charge is -2.34. The molecule has 3 aliphatic rings. The maximum absolute atomic E-state index is 13.0. The van der Waals surface area contributed by atoms with Gasteiger partial charge in [-0.2, -0.15) is 8.78 Å². The second-order valence-corrected chi connectivity index (χ2v) is 9.94. The first-order chi connectivity index (χ1) is 17.3. The first-order valence-corrected chi connectivity index (χ1v) is 12.4. The van der Waals surface area contributed by atoms with E-state index in [-0.39, 0.29) is 59.1 Å². The maximum atomic E-state index is 13.0. The minimum Gasteiger partial charge on any atom is -0.489 e. The van der Waals surface area contributed by atoms with Gasteiger partial charge in [0.05, 0.1) is 12.6 Å². The molecule has 0 unspecified atom stereocenters. The van der Waals surface area contributed by atoms with E-state index < -0.39 is 18.6 Å². The molecule has 2 aromatic rings. The summed E-state index contributed by atoms with van der Waals surface area (Å²) >= 11 is 0. The summed E-state index contributed by atoms with van der Waals surface area (Å²) in [5, 5.41) is 5.89. The fourth-order valence-electron chi connectivity index (χ4n) is 4.12. The number of carbonyl (C=O) groups excluding carboxylic acids is 2. The number of halogens is 3. The molecule has 0 aliphatic heterocycles. The van der Waals surface area contributed by atoms with Gasteiger partial charge in [-0.25, -0.2) is 4.98 Å². The number of rotatable bonds is 11. The Morgan fingerprint density at radius 2 is 1.86 bits per heavy atom. The molecule has 1 heterocycles. The van der Waals surface area contributed by atoms with E-state index in [0.29, 0.717) is 37.0 Å². The van der Waals surface area contributed by atoms with E-state index in [0.717, 1.165) is 25.7 Å². The molecule has 4 N–H and O–H groups in total. The third-order valence-electron chi connectivity index (χ3n) is 6.63. The molecular weight excluding hydrogens is 510 g/mol. The summed E-state index contributed by atoms with van der Waals surface area (Å²) in [6.45, 7) is -0.923. The zero-order valence-corrected chi connectivity index (χ0v) is 21.2. The van der Waals surface area contributed by atoms with Crippen LogP contribution in [0.25, 0.3) is 11.5 Å². The molecule has 3 fully saturated rings. The van der Waals surface area contributed by atoms with Crippen LogP contribution >= 0.6 is 12.4 Å². The molecule has 9 nitrogen and oxygen atoms in total. The van der Waals surface area contributed by atoms with Gasteiger partial charge in [0.1, 0.15) is 0 Å². The Morgan fingerprint density at radius 3 is 2.49 bits per heavy atom. The number of oxazole rings is 1. The van der Waals surface area contributed by atoms with Crippen molar-refractivity contribution in [3.05, 3.63) is 29.7 Å². The first kappa shape index (κ1) is 27.1. The Kier molecular flexibility index (Phi) is 8.23. The molecule has 1 atom stereocenters. The number of nitrogens with one attached hydrogen (secondary N) is 2. The third-order valence-corrected chi connectivity index (χ3v) is 6.63. The molecule has 1 aromatic carbocycles. The lowest BCUT2D eigenvalue weighted by molar-refractivity contribution is -0.128. The number of alkyl halides is 2. The number of hydrogen-bond acceptors (Lipinski definition) is 7. The molecule has 3 aliphatic carbocycles. The summed E-state index contributed by atoms with van der Waals surface area (Å²) in [7, 11) is 0. The number of ether oxygens (including phenoxy) is 2. The van der Waals surface area contributed by atoms with Gasteiger partial charge in [-0.1, -0.05) is 0 Å². The van der Waals surface area contributed by atoms with Gasteiger partial charge in [0, 0.05) is 23.6 Å². The highest BCUT2D eigenvalue weighted by atomic mass is 35.5. The quantitative estimate of drug-likeness (QED) is 0.393. The average molecular weight is 541 g/mol. The highest BCUT2D eigenvalue weighted by Crippen LogP contribution is 2.37. The lowest BCUT2D eigenvalue weighted by Crippen LogP contribution is -2.50. The van der Waals surface area contributed by atoms with Crippen LogP contribution in [0.4, 0.5) is 8.78 Å². The molecule has 0 saturated heterocycles. The van der Waals surface area contributed by atoms with Gasteiger partial charge < -0.3 is 30.3 Å². The Balaban J connectivity index is 0.00000320. The number of nitrogens with two attached hydrogens (primary N) is 1. The minimum absolute atomic E-state index is 0. The largest absolute Gasteiger partial charge is 0.489 e. The monoisotopic (exact) mass is 540 g/mol. The molecule has 12 heteroatoms. The third kappa shape index (κ3) is 6.70. The van der Waals surface area contributed by atoms with Crippen molar-refractivity contribution in [1.82, 2.24) is 15.6 Å². The smallest absolute Gasteiger partial charge is 0.387 e. The summed E-state index contributed by atoms with van der Waals surface area (Å²) in [5.74, 6) is 0.294. The minimum atomic E-state index is -2.99. The molecule has 2 amide bonds. The molecule has 0 spiro atoms. The van der Waals surface area contributed by atoms with Crippen LogP contribution in [0.2, 0.25) is 0 Å². The van der Waals surface area contributed by atoms with E-state index in [4.69, 9.17) is 14.9 Å². The van der Waals surface area contributed by atoms with Gasteiger partial charge in [0.2, 0.25) is 11.8 Å². The number of benzene rings is 1. The second-order valence-electron chi connectivity index (χ2n) is 9.94. The number of amides is 2. The SMILES string of the molecule is C[C@H](N)c1oc(-c2ccc(OC(F)F)c(OCC3CC3)c2)nc1C(=O)NC1CC(C(=O)NC2CC2)C1.Cl. The predicted molar refractivity (Wildman–Crippen MR) is 132 cm³/mol. The fraction of sp³-hybridized carbons (Fsp3) is 0.560. The van der Waals surface area contributed by atoms with Crippen molar-refractivity contribution < 1.29 is 32.3 Å². The van der Waals surface area contributed by atoms with Crippen LogP contribution in [0.1, 0.15) is 67.7 Å². The Bertz CT molecular complexity index is 1130. The Morgan fingerprint density at radius 1 is 1.14 bits per heavy atom. The summed E-state index contributed by atoms with van der Waals surface area (Å²) in [6, 6.07) is 3.94. The van der Waals surface area contributed by atoms with Gasteiger partial charge in [-0.3, -0.25) is 9.59 Å². The molecule has 0 radical (unpaired) electrons.